The maximum Gasteiger partial charge on any atom is 0.320 e. The molecule has 11 N–H and O–H groups in total. The molecule has 22 heavy (non-hydrogen) atoms. The Morgan fingerprint density at radius 3 is 1.73 bits per heavy atom. The van der Waals surface area contributed by atoms with Crippen molar-refractivity contribution < 1.29 is 29.7 Å². The summed E-state index contributed by atoms with van der Waals surface area (Å²) in [5.41, 5.74) is 20.3. The van der Waals surface area contributed by atoms with E-state index < -0.39 is 30.0 Å². The highest BCUT2D eigenvalue weighted by atomic mass is 16.4. The lowest BCUT2D eigenvalue weighted by Crippen LogP contribution is -2.30. The van der Waals surface area contributed by atoms with Gasteiger partial charge < -0.3 is 38.3 Å². The van der Waals surface area contributed by atoms with Crippen LogP contribution in [-0.2, 0) is 14.4 Å². The molecule has 1 unspecified atom stereocenters. The van der Waals surface area contributed by atoms with E-state index in [1.807, 2.05) is 0 Å². The molecule has 0 aromatic heterocycles. The third kappa shape index (κ3) is 15.7. The van der Waals surface area contributed by atoms with E-state index in [2.05, 4.69) is 4.99 Å². The fourth-order valence-electron chi connectivity index (χ4n) is 1.05. The quantitative estimate of drug-likeness (QED) is 0.136. The van der Waals surface area contributed by atoms with Crippen molar-refractivity contribution in [3.63, 3.8) is 0 Å². The molecule has 0 aliphatic rings. The van der Waals surface area contributed by atoms with Gasteiger partial charge >= 0.3 is 17.9 Å². The minimum Gasteiger partial charge on any atom is -0.481 e. The molecule has 0 rings (SSSR count). The highest BCUT2D eigenvalue weighted by Gasteiger charge is 2.12. The molecule has 0 heterocycles. The van der Waals surface area contributed by atoms with Crippen molar-refractivity contribution in [2.24, 2.45) is 27.9 Å². The van der Waals surface area contributed by atoms with Crippen LogP contribution in [0.3, 0.4) is 0 Å². The monoisotopic (exact) mass is 321 g/mol. The number of rotatable bonds is 9. The number of carboxylic acids is 3. The molecule has 0 amide bonds. The summed E-state index contributed by atoms with van der Waals surface area (Å²) in [7, 11) is 0. The first-order valence-corrected chi connectivity index (χ1v) is 6.31. The molecule has 0 aliphatic heterocycles. The number of nitrogens with zero attached hydrogens (tertiary/aromatic N) is 1. The number of nitrogens with two attached hydrogens (primary N) is 4. The fourth-order valence-corrected chi connectivity index (χ4v) is 1.05. The van der Waals surface area contributed by atoms with Gasteiger partial charge in [-0.25, -0.2) is 0 Å². The zero-order chi connectivity index (χ0) is 17.7. The topological polar surface area (TPSA) is 228 Å². The van der Waals surface area contributed by atoms with Crippen LogP contribution in [-0.4, -0.2) is 57.8 Å². The number of hydrogen-bond acceptors (Lipinski definition) is 6. The lowest BCUT2D eigenvalue weighted by atomic mass is 10.2. The van der Waals surface area contributed by atoms with Gasteiger partial charge in [-0.05, 0) is 19.3 Å². The van der Waals surface area contributed by atoms with Gasteiger partial charge in [0, 0.05) is 13.0 Å². The van der Waals surface area contributed by atoms with E-state index in [0.29, 0.717) is 19.4 Å². The van der Waals surface area contributed by atoms with Crippen molar-refractivity contribution >= 4 is 23.9 Å². The molecule has 0 aromatic carbocycles. The SMILES string of the molecule is NC(CCC(=O)O)C(=O)O.NC(N)=NCCC[C@@H](N)C(=O)O. The molecule has 0 radical (unpaired) electrons. The number of hydrogen-bond donors (Lipinski definition) is 7. The summed E-state index contributed by atoms with van der Waals surface area (Å²) in [6.07, 6.45) is 0.732. The highest BCUT2D eigenvalue weighted by molar-refractivity contribution is 5.75. The van der Waals surface area contributed by atoms with Crippen LogP contribution >= 0.6 is 0 Å². The molecule has 0 bridgehead atoms. The van der Waals surface area contributed by atoms with Gasteiger partial charge in [-0.2, -0.15) is 0 Å². The average molecular weight is 321 g/mol. The maximum atomic E-state index is 10.2. The molecule has 0 saturated heterocycles. The van der Waals surface area contributed by atoms with Crippen LogP contribution in [0.4, 0.5) is 0 Å². The van der Waals surface area contributed by atoms with E-state index in [1.165, 1.54) is 0 Å². The number of aliphatic imine (C=N–C) groups is 1. The highest BCUT2D eigenvalue weighted by Crippen LogP contribution is 1.94. The van der Waals surface area contributed by atoms with Crippen molar-refractivity contribution in [1.82, 2.24) is 0 Å². The van der Waals surface area contributed by atoms with Crippen LogP contribution in [0.2, 0.25) is 0 Å². The van der Waals surface area contributed by atoms with Gasteiger partial charge in [0.25, 0.3) is 0 Å². The van der Waals surface area contributed by atoms with Gasteiger partial charge in [-0.15, -0.1) is 0 Å². The number of carboxylic acid groups (broad SMARTS) is 3. The second-order valence-corrected chi connectivity index (χ2v) is 4.27. The Bertz CT molecular complexity index is 396. The summed E-state index contributed by atoms with van der Waals surface area (Å²) >= 11 is 0. The zero-order valence-corrected chi connectivity index (χ0v) is 12.0. The summed E-state index contributed by atoms with van der Waals surface area (Å²) in [6, 6.07) is -1.88. The Labute approximate surface area is 127 Å². The molecule has 11 heteroatoms. The van der Waals surface area contributed by atoms with Gasteiger partial charge in [-0.1, -0.05) is 0 Å². The van der Waals surface area contributed by atoms with E-state index in [9.17, 15) is 14.4 Å². The summed E-state index contributed by atoms with van der Waals surface area (Å²) in [6.45, 7) is 0.420. The Kier molecular flexibility index (Phi) is 12.3. The molecule has 0 aromatic rings. The Balaban J connectivity index is 0. The summed E-state index contributed by atoms with van der Waals surface area (Å²) in [5, 5.41) is 24.7. The molecular formula is C11H23N5O6. The fraction of sp³-hybridized carbons (Fsp3) is 0.636. The first-order valence-electron chi connectivity index (χ1n) is 6.31. The van der Waals surface area contributed by atoms with E-state index >= 15 is 0 Å². The van der Waals surface area contributed by atoms with Crippen LogP contribution in [0, 0.1) is 0 Å². The predicted octanol–water partition coefficient (Wildman–Crippen LogP) is -2.28. The smallest absolute Gasteiger partial charge is 0.320 e. The predicted molar refractivity (Wildman–Crippen MR) is 78.0 cm³/mol. The summed E-state index contributed by atoms with van der Waals surface area (Å²) in [5.74, 6) is -3.18. The van der Waals surface area contributed by atoms with Gasteiger partial charge in [-0.3, -0.25) is 19.4 Å². The average Bonchev–Trinajstić information content (AvgIpc) is 2.40. The zero-order valence-electron chi connectivity index (χ0n) is 12.0. The standard InChI is InChI=1S/C6H14N4O2.C5H9NO4/c7-4(5(11)12)2-1-3-10-6(8)9;6-3(5(9)10)1-2-4(7)8/h4H,1-3,7H2,(H,11,12)(H4,8,9,10);3H,1-2,6H2,(H,7,8)(H,9,10)/t4-;/m1./s1. The molecule has 0 aliphatic carbocycles. The summed E-state index contributed by atoms with van der Waals surface area (Å²) in [4.78, 5) is 33.8. The van der Waals surface area contributed by atoms with Gasteiger partial charge in [0.1, 0.15) is 12.1 Å². The number of guanidine groups is 1. The second kappa shape index (κ2) is 12.3. The lowest BCUT2D eigenvalue weighted by molar-refractivity contribution is -0.140. The van der Waals surface area contributed by atoms with E-state index in [-0.39, 0.29) is 18.8 Å². The van der Waals surface area contributed by atoms with Crippen molar-refractivity contribution in [2.45, 2.75) is 37.8 Å². The van der Waals surface area contributed by atoms with Gasteiger partial charge in [0.05, 0.1) is 0 Å². The van der Waals surface area contributed by atoms with Gasteiger partial charge in [0.15, 0.2) is 5.96 Å². The maximum absolute atomic E-state index is 10.2. The first kappa shape index (κ1) is 21.9. The summed E-state index contributed by atoms with van der Waals surface area (Å²) < 4.78 is 0. The Morgan fingerprint density at radius 2 is 1.36 bits per heavy atom. The lowest BCUT2D eigenvalue weighted by Gasteiger charge is -2.03. The number of carbonyl (C=O) groups is 3. The Morgan fingerprint density at radius 1 is 0.909 bits per heavy atom. The molecule has 0 fully saturated rings. The minimum atomic E-state index is -1.17. The third-order valence-corrected chi connectivity index (χ3v) is 2.27. The van der Waals surface area contributed by atoms with Crippen molar-refractivity contribution in [1.29, 1.82) is 0 Å². The normalized spacial score (nSPS) is 12.3. The van der Waals surface area contributed by atoms with Crippen LogP contribution in [0.25, 0.3) is 0 Å². The van der Waals surface area contributed by atoms with E-state index in [1.54, 1.807) is 0 Å². The molecule has 128 valence electrons. The van der Waals surface area contributed by atoms with E-state index in [0.717, 1.165) is 0 Å². The molecular weight excluding hydrogens is 298 g/mol. The van der Waals surface area contributed by atoms with Crippen LogP contribution in [0.5, 0.6) is 0 Å². The largest absolute Gasteiger partial charge is 0.481 e. The van der Waals surface area contributed by atoms with Crippen molar-refractivity contribution in [2.75, 3.05) is 6.54 Å². The van der Waals surface area contributed by atoms with Crippen molar-refractivity contribution in [3.05, 3.63) is 0 Å². The molecule has 0 saturated carbocycles. The van der Waals surface area contributed by atoms with E-state index in [4.69, 9.17) is 38.3 Å². The second-order valence-electron chi connectivity index (χ2n) is 4.27. The molecule has 2 atom stereocenters. The van der Waals surface area contributed by atoms with Crippen LogP contribution in [0.1, 0.15) is 25.7 Å². The first-order chi connectivity index (χ1) is 10.1. The number of aliphatic carboxylic acids is 3. The molecule has 0 spiro atoms. The van der Waals surface area contributed by atoms with Gasteiger partial charge in [0.2, 0.25) is 0 Å². The Hall–Kier alpha value is -2.40. The minimum absolute atomic E-state index is 0.0129. The van der Waals surface area contributed by atoms with Crippen LogP contribution in [0.15, 0.2) is 4.99 Å². The van der Waals surface area contributed by atoms with Crippen molar-refractivity contribution in [3.8, 4) is 0 Å². The van der Waals surface area contributed by atoms with Crippen LogP contribution < -0.4 is 22.9 Å². The molecule has 11 nitrogen and oxygen atoms in total. The third-order valence-electron chi connectivity index (χ3n) is 2.27.